The van der Waals surface area contributed by atoms with Gasteiger partial charge >= 0.3 is 0 Å². The molecule has 0 bridgehead atoms. The van der Waals surface area contributed by atoms with E-state index in [2.05, 4.69) is 10.2 Å². The summed E-state index contributed by atoms with van der Waals surface area (Å²) >= 11 is 0. The zero-order chi connectivity index (χ0) is 11.2. The van der Waals surface area contributed by atoms with E-state index in [-0.39, 0.29) is 0 Å². The summed E-state index contributed by atoms with van der Waals surface area (Å²) in [4.78, 5) is 2.67. The molecule has 0 aromatic carbocycles. The maximum absolute atomic E-state index is 5.23. The van der Waals surface area contributed by atoms with Gasteiger partial charge in [-0.25, -0.2) is 0 Å². The molecular formula is C13H26N2O. The highest BCUT2D eigenvalue weighted by molar-refractivity contribution is 4.83. The summed E-state index contributed by atoms with van der Waals surface area (Å²) in [5, 5.41) is 3.60. The molecule has 1 heterocycles. The summed E-state index contributed by atoms with van der Waals surface area (Å²) in [5.41, 5.74) is 0. The number of hydrogen-bond acceptors (Lipinski definition) is 3. The molecule has 0 aromatic rings. The van der Waals surface area contributed by atoms with Gasteiger partial charge in [0, 0.05) is 32.3 Å². The van der Waals surface area contributed by atoms with Gasteiger partial charge in [-0.2, -0.15) is 0 Å². The number of nitrogens with one attached hydrogen (secondary N) is 1. The fourth-order valence-electron chi connectivity index (χ4n) is 3.10. The topological polar surface area (TPSA) is 24.5 Å². The third-order valence-electron chi connectivity index (χ3n) is 4.04. The number of nitrogens with zero attached hydrogens (tertiary/aromatic N) is 1. The summed E-state index contributed by atoms with van der Waals surface area (Å²) in [7, 11) is 1.81. The fourth-order valence-corrected chi connectivity index (χ4v) is 3.10. The van der Waals surface area contributed by atoms with Crippen molar-refractivity contribution in [2.24, 2.45) is 0 Å². The molecule has 0 spiro atoms. The van der Waals surface area contributed by atoms with E-state index in [9.17, 15) is 0 Å². The molecule has 1 atom stereocenters. The maximum atomic E-state index is 5.23. The average Bonchev–Trinajstić information content (AvgIpc) is 2.96. The fraction of sp³-hybridized carbons (Fsp3) is 1.00. The lowest BCUT2D eigenvalue weighted by molar-refractivity contribution is 0.114. The van der Waals surface area contributed by atoms with Gasteiger partial charge in [-0.3, -0.25) is 4.90 Å². The molecule has 2 aliphatic rings. The first-order chi connectivity index (χ1) is 7.90. The third kappa shape index (κ3) is 3.44. The van der Waals surface area contributed by atoms with Crippen molar-refractivity contribution >= 4 is 0 Å². The van der Waals surface area contributed by atoms with Crippen LogP contribution in [0, 0.1) is 0 Å². The lowest BCUT2D eigenvalue weighted by Gasteiger charge is -2.31. The standard InChI is InChI=1S/C13H26N2O/c1-16-10-9-15(13-6-2-3-7-13)11-12-5-4-8-14-12/h12-14H,2-11H2,1H3. The summed E-state index contributed by atoms with van der Waals surface area (Å²) in [5.74, 6) is 0. The summed E-state index contributed by atoms with van der Waals surface area (Å²) in [6, 6.07) is 1.56. The van der Waals surface area contributed by atoms with Gasteiger partial charge in [0.15, 0.2) is 0 Å². The minimum absolute atomic E-state index is 0.734. The molecule has 0 amide bonds. The molecule has 1 N–H and O–H groups in total. The summed E-state index contributed by atoms with van der Waals surface area (Å²) in [6.45, 7) is 4.43. The quantitative estimate of drug-likeness (QED) is 0.745. The van der Waals surface area contributed by atoms with Gasteiger partial charge in [-0.1, -0.05) is 12.8 Å². The smallest absolute Gasteiger partial charge is 0.0589 e. The predicted molar refractivity (Wildman–Crippen MR) is 66.7 cm³/mol. The second kappa shape index (κ2) is 6.58. The molecule has 3 nitrogen and oxygen atoms in total. The number of rotatable bonds is 6. The molecule has 2 fully saturated rings. The minimum Gasteiger partial charge on any atom is -0.383 e. The van der Waals surface area contributed by atoms with E-state index >= 15 is 0 Å². The van der Waals surface area contributed by atoms with Gasteiger partial charge in [-0.05, 0) is 32.2 Å². The Labute approximate surface area is 99.5 Å². The molecule has 0 aromatic heterocycles. The Bertz CT molecular complexity index is 186. The zero-order valence-electron chi connectivity index (χ0n) is 10.6. The van der Waals surface area contributed by atoms with Crippen LogP contribution in [0.1, 0.15) is 38.5 Å². The van der Waals surface area contributed by atoms with E-state index in [1.54, 1.807) is 7.11 Å². The highest BCUT2D eigenvalue weighted by Crippen LogP contribution is 2.24. The molecule has 1 unspecified atom stereocenters. The molecule has 0 radical (unpaired) electrons. The number of ether oxygens (including phenoxy) is 1. The largest absolute Gasteiger partial charge is 0.383 e. The van der Waals surface area contributed by atoms with E-state index in [0.717, 1.165) is 25.2 Å². The van der Waals surface area contributed by atoms with Crippen molar-refractivity contribution in [1.29, 1.82) is 0 Å². The van der Waals surface area contributed by atoms with Crippen molar-refractivity contribution in [2.45, 2.75) is 50.6 Å². The van der Waals surface area contributed by atoms with Gasteiger partial charge in [0.05, 0.1) is 6.61 Å². The monoisotopic (exact) mass is 226 g/mol. The Hall–Kier alpha value is -0.120. The highest BCUT2D eigenvalue weighted by Gasteiger charge is 2.25. The van der Waals surface area contributed by atoms with E-state index in [1.165, 1.54) is 51.6 Å². The molecule has 94 valence electrons. The zero-order valence-corrected chi connectivity index (χ0v) is 10.6. The molecule has 1 aliphatic heterocycles. The van der Waals surface area contributed by atoms with Crippen LogP contribution in [0.3, 0.4) is 0 Å². The van der Waals surface area contributed by atoms with Crippen LogP contribution in [-0.4, -0.2) is 50.3 Å². The molecule has 1 saturated carbocycles. The van der Waals surface area contributed by atoms with Gasteiger partial charge < -0.3 is 10.1 Å². The van der Waals surface area contributed by atoms with E-state index in [1.807, 2.05) is 0 Å². The van der Waals surface area contributed by atoms with Crippen LogP contribution >= 0.6 is 0 Å². The molecule has 2 rings (SSSR count). The van der Waals surface area contributed by atoms with Gasteiger partial charge in [-0.15, -0.1) is 0 Å². The Balaban J connectivity index is 1.80. The lowest BCUT2D eigenvalue weighted by Crippen LogP contribution is -2.43. The van der Waals surface area contributed by atoms with Crippen molar-refractivity contribution in [2.75, 3.05) is 33.4 Å². The van der Waals surface area contributed by atoms with Crippen molar-refractivity contribution < 1.29 is 4.74 Å². The van der Waals surface area contributed by atoms with E-state index in [4.69, 9.17) is 4.74 Å². The number of hydrogen-bond donors (Lipinski definition) is 1. The predicted octanol–water partition coefficient (Wildman–Crippen LogP) is 1.63. The van der Waals surface area contributed by atoms with E-state index < -0.39 is 0 Å². The van der Waals surface area contributed by atoms with Gasteiger partial charge in [0.25, 0.3) is 0 Å². The van der Waals surface area contributed by atoms with Crippen molar-refractivity contribution in [3.63, 3.8) is 0 Å². The first kappa shape index (κ1) is 12.3. The molecule has 3 heteroatoms. The van der Waals surface area contributed by atoms with Crippen LogP contribution in [-0.2, 0) is 4.74 Å². The Morgan fingerprint density at radius 1 is 1.19 bits per heavy atom. The van der Waals surface area contributed by atoms with Crippen molar-refractivity contribution in [3.8, 4) is 0 Å². The second-order valence-electron chi connectivity index (χ2n) is 5.22. The van der Waals surface area contributed by atoms with E-state index in [0.29, 0.717) is 0 Å². The van der Waals surface area contributed by atoms with Crippen molar-refractivity contribution in [3.05, 3.63) is 0 Å². The van der Waals surface area contributed by atoms with Crippen molar-refractivity contribution in [1.82, 2.24) is 10.2 Å². The Kier molecular flexibility index (Phi) is 5.07. The van der Waals surface area contributed by atoms with Crippen LogP contribution in [0.4, 0.5) is 0 Å². The third-order valence-corrected chi connectivity index (χ3v) is 4.04. The van der Waals surface area contributed by atoms with Gasteiger partial charge in [0.1, 0.15) is 0 Å². The normalized spacial score (nSPS) is 27.0. The van der Waals surface area contributed by atoms with Crippen LogP contribution < -0.4 is 5.32 Å². The van der Waals surface area contributed by atoms with Gasteiger partial charge in [0.2, 0.25) is 0 Å². The Morgan fingerprint density at radius 2 is 2.00 bits per heavy atom. The maximum Gasteiger partial charge on any atom is 0.0589 e. The molecular weight excluding hydrogens is 200 g/mol. The molecule has 16 heavy (non-hydrogen) atoms. The van der Waals surface area contributed by atoms with Crippen LogP contribution in [0.2, 0.25) is 0 Å². The SMILES string of the molecule is COCCN(CC1CCCN1)C1CCCC1. The van der Waals surface area contributed by atoms with Crippen LogP contribution in [0.5, 0.6) is 0 Å². The number of methoxy groups -OCH3 is 1. The van der Waals surface area contributed by atoms with Crippen LogP contribution in [0.15, 0.2) is 0 Å². The van der Waals surface area contributed by atoms with Crippen LogP contribution in [0.25, 0.3) is 0 Å². The summed E-state index contributed by atoms with van der Waals surface area (Å²) < 4.78 is 5.23. The Morgan fingerprint density at radius 3 is 2.62 bits per heavy atom. The minimum atomic E-state index is 0.734. The first-order valence-corrected chi connectivity index (χ1v) is 6.86. The lowest BCUT2D eigenvalue weighted by atomic mass is 10.1. The second-order valence-corrected chi connectivity index (χ2v) is 5.22. The first-order valence-electron chi connectivity index (χ1n) is 6.86. The molecule has 1 saturated heterocycles. The molecule has 1 aliphatic carbocycles. The average molecular weight is 226 g/mol. The highest BCUT2D eigenvalue weighted by atomic mass is 16.5. The summed E-state index contributed by atoms with van der Waals surface area (Å²) in [6.07, 6.45) is 8.36.